The third-order valence-electron chi connectivity index (χ3n) is 3.69. The van der Waals surface area contributed by atoms with Crippen LogP contribution >= 0.6 is 15.9 Å². The van der Waals surface area contributed by atoms with E-state index in [2.05, 4.69) is 20.7 Å². The molecule has 2 aromatic carbocycles. The van der Waals surface area contributed by atoms with Crippen LogP contribution in [0.3, 0.4) is 0 Å². The lowest BCUT2D eigenvalue weighted by Crippen LogP contribution is -2.28. The van der Waals surface area contributed by atoms with Crippen LogP contribution < -0.4 is 14.2 Å². The molecule has 0 radical (unpaired) electrons. The van der Waals surface area contributed by atoms with Crippen LogP contribution in [0.1, 0.15) is 24.1 Å². The van der Waals surface area contributed by atoms with Crippen LogP contribution in [-0.4, -0.2) is 21.6 Å². The highest BCUT2D eigenvalue weighted by atomic mass is 79.9. The maximum Gasteiger partial charge on any atom is 0.216 e. The zero-order valence-corrected chi connectivity index (χ0v) is 15.6. The number of nitrogens with one attached hydrogen (secondary N) is 1. The molecule has 1 aliphatic rings. The Morgan fingerprint density at radius 3 is 2.46 bits per heavy atom. The maximum atomic E-state index is 12.4. The van der Waals surface area contributed by atoms with Gasteiger partial charge in [-0.05, 0) is 42.3 Å². The molecule has 0 aromatic heterocycles. The van der Waals surface area contributed by atoms with E-state index >= 15 is 0 Å². The summed E-state index contributed by atoms with van der Waals surface area (Å²) in [6.45, 7) is 2.84. The quantitative estimate of drug-likeness (QED) is 0.818. The molecule has 24 heavy (non-hydrogen) atoms. The fourth-order valence-electron chi connectivity index (χ4n) is 2.51. The van der Waals surface area contributed by atoms with Gasteiger partial charge in [0.2, 0.25) is 10.0 Å². The van der Waals surface area contributed by atoms with E-state index in [4.69, 9.17) is 9.47 Å². The fourth-order valence-corrected chi connectivity index (χ4v) is 4.16. The smallest absolute Gasteiger partial charge is 0.216 e. The normalized spacial score (nSPS) is 15.1. The largest absolute Gasteiger partial charge is 0.486 e. The second-order valence-electron chi connectivity index (χ2n) is 5.63. The lowest BCUT2D eigenvalue weighted by Gasteiger charge is -2.21. The minimum absolute atomic E-state index is 0.0603. The molecule has 0 aliphatic carbocycles. The molecule has 0 saturated heterocycles. The Labute approximate surface area is 150 Å². The SMILES string of the molecule is C[C@@H](NS(=O)(=O)Cc1ccc(Br)cc1)c1ccc2c(c1)OCCO2. The number of hydrogen-bond donors (Lipinski definition) is 1. The van der Waals surface area contributed by atoms with Gasteiger partial charge >= 0.3 is 0 Å². The van der Waals surface area contributed by atoms with Crippen molar-refractivity contribution in [3.63, 3.8) is 0 Å². The Hall–Kier alpha value is -1.57. The Kier molecular flexibility index (Phi) is 5.12. The first-order valence-corrected chi connectivity index (χ1v) is 10.0. The Morgan fingerprint density at radius 2 is 1.75 bits per heavy atom. The summed E-state index contributed by atoms with van der Waals surface area (Å²) in [6.07, 6.45) is 0. The summed E-state index contributed by atoms with van der Waals surface area (Å²) in [6, 6.07) is 12.4. The van der Waals surface area contributed by atoms with Gasteiger partial charge in [-0.1, -0.05) is 34.1 Å². The molecular weight excluding hydrogens is 394 g/mol. The number of sulfonamides is 1. The predicted molar refractivity (Wildman–Crippen MR) is 95.7 cm³/mol. The van der Waals surface area contributed by atoms with Crippen LogP contribution in [0.4, 0.5) is 0 Å². The van der Waals surface area contributed by atoms with Gasteiger partial charge in [-0.3, -0.25) is 0 Å². The van der Waals surface area contributed by atoms with E-state index in [0.29, 0.717) is 24.7 Å². The first-order chi connectivity index (χ1) is 11.4. The molecule has 0 saturated carbocycles. The zero-order valence-electron chi connectivity index (χ0n) is 13.2. The second kappa shape index (κ2) is 7.13. The van der Waals surface area contributed by atoms with Crippen molar-refractivity contribution in [2.24, 2.45) is 0 Å². The Morgan fingerprint density at radius 1 is 1.08 bits per heavy atom. The van der Waals surface area contributed by atoms with Gasteiger partial charge in [0.1, 0.15) is 13.2 Å². The van der Waals surface area contributed by atoms with Crippen LogP contribution in [0, 0.1) is 0 Å². The highest BCUT2D eigenvalue weighted by molar-refractivity contribution is 9.10. The summed E-state index contributed by atoms with van der Waals surface area (Å²) < 4.78 is 39.4. The highest BCUT2D eigenvalue weighted by Crippen LogP contribution is 2.32. The molecule has 128 valence electrons. The third-order valence-corrected chi connectivity index (χ3v) is 5.65. The number of benzene rings is 2. The van der Waals surface area contributed by atoms with E-state index in [0.717, 1.165) is 15.6 Å². The minimum atomic E-state index is -3.45. The van der Waals surface area contributed by atoms with Gasteiger partial charge in [-0.15, -0.1) is 0 Å². The molecule has 2 aromatic rings. The van der Waals surface area contributed by atoms with E-state index in [9.17, 15) is 8.42 Å². The lowest BCUT2D eigenvalue weighted by atomic mass is 10.1. The van der Waals surface area contributed by atoms with Crippen molar-refractivity contribution in [2.45, 2.75) is 18.7 Å². The summed E-state index contributed by atoms with van der Waals surface area (Å²) >= 11 is 3.34. The first-order valence-electron chi connectivity index (χ1n) is 7.57. The van der Waals surface area contributed by atoms with E-state index in [1.807, 2.05) is 37.3 Å². The van der Waals surface area contributed by atoms with Gasteiger partial charge in [0.25, 0.3) is 0 Å². The average Bonchev–Trinajstić information content (AvgIpc) is 2.56. The van der Waals surface area contributed by atoms with Crippen molar-refractivity contribution in [3.8, 4) is 11.5 Å². The minimum Gasteiger partial charge on any atom is -0.486 e. The van der Waals surface area contributed by atoms with Gasteiger partial charge in [-0.2, -0.15) is 0 Å². The maximum absolute atomic E-state index is 12.4. The average molecular weight is 412 g/mol. The Balaban J connectivity index is 1.71. The lowest BCUT2D eigenvalue weighted by molar-refractivity contribution is 0.171. The molecule has 5 nitrogen and oxygen atoms in total. The van der Waals surface area contributed by atoms with E-state index in [-0.39, 0.29) is 11.8 Å². The first kappa shape index (κ1) is 17.3. The van der Waals surface area contributed by atoms with Crippen molar-refractivity contribution in [2.75, 3.05) is 13.2 Å². The number of fused-ring (bicyclic) bond motifs is 1. The van der Waals surface area contributed by atoms with E-state index < -0.39 is 10.0 Å². The molecular formula is C17H18BrNO4S. The summed E-state index contributed by atoms with van der Waals surface area (Å²) in [5, 5.41) is 0. The van der Waals surface area contributed by atoms with Crippen LogP contribution in [-0.2, 0) is 15.8 Å². The molecule has 0 spiro atoms. The van der Waals surface area contributed by atoms with Crippen LogP contribution in [0.5, 0.6) is 11.5 Å². The Bertz CT molecular complexity index is 821. The van der Waals surface area contributed by atoms with Crippen molar-refractivity contribution in [3.05, 3.63) is 58.1 Å². The number of ether oxygens (including phenoxy) is 2. The van der Waals surface area contributed by atoms with Crippen LogP contribution in [0.25, 0.3) is 0 Å². The zero-order chi connectivity index (χ0) is 17.2. The van der Waals surface area contributed by atoms with Gasteiger partial charge < -0.3 is 9.47 Å². The molecule has 3 rings (SSSR count). The van der Waals surface area contributed by atoms with Crippen LogP contribution in [0.15, 0.2) is 46.9 Å². The third kappa shape index (κ3) is 4.28. The molecule has 0 unspecified atom stereocenters. The molecule has 0 amide bonds. The fraction of sp³-hybridized carbons (Fsp3) is 0.294. The summed E-state index contributed by atoms with van der Waals surface area (Å²) in [7, 11) is -3.45. The topological polar surface area (TPSA) is 64.6 Å². The molecule has 1 aliphatic heterocycles. The van der Waals surface area contributed by atoms with Crippen molar-refractivity contribution < 1.29 is 17.9 Å². The number of rotatable bonds is 5. The molecule has 0 fully saturated rings. The van der Waals surface area contributed by atoms with E-state index in [1.54, 1.807) is 12.1 Å². The van der Waals surface area contributed by atoms with Crippen molar-refractivity contribution >= 4 is 26.0 Å². The molecule has 0 bridgehead atoms. The monoisotopic (exact) mass is 411 g/mol. The molecule has 7 heteroatoms. The summed E-state index contributed by atoms with van der Waals surface area (Å²) in [5.74, 6) is 1.28. The van der Waals surface area contributed by atoms with E-state index in [1.165, 1.54) is 0 Å². The second-order valence-corrected chi connectivity index (χ2v) is 8.30. The standard InChI is InChI=1S/C17H18BrNO4S/c1-12(14-4-7-16-17(10-14)23-9-8-22-16)19-24(20,21)11-13-2-5-15(18)6-3-13/h2-7,10,12,19H,8-9,11H2,1H3/t12-/m1/s1. The summed E-state index contributed by atoms with van der Waals surface area (Å²) in [5.41, 5.74) is 1.57. The van der Waals surface area contributed by atoms with Gasteiger partial charge in [0, 0.05) is 10.5 Å². The van der Waals surface area contributed by atoms with Gasteiger partial charge in [-0.25, -0.2) is 13.1 Å². The number of halogens is 1. The van der Waals surface area contributed by atoms with Crippen LogP contribution in [0.2, 0.25) is 0 Å². The predicted octanol–water partition coefficient (Wildman–Crippen LogP) is 3.40. The summed E-state index contributed by atoms with van der Waals surface area (Å²) in [4.78, 5) is 0. The van der Waals surface area contributed by atoms with Gasteiger partial charge in [0.15, 0.2) is 11.5 Å². The molecule has 1 N–H and O–H groups in total. The van der Waals surface area contributed by atoms with Gasteiger partial charge in [0.05, 0.1) is 5.75 Å². The highest BCUT2D eigenvalue weighted by Gasteiger charge is 2.19. The van der Waals surface area contributed by atoms with Crippen molar-refractivity contribution in [1.29, 1.82) is 0 Å². The van der Waals surface area contributed by atoms with Crippen molar-refractivity contribution in [1.82, 2.24) is 4.72 Å². The molecule has 1 atom stereocenters. The molecule has 1 heterocycles. The number of hydrogen-bond acceptors (Lipinski definition) is 4.